The van der Waals surface area contributed by atoms with Gasteiger partial charge in [-0.3, -0.25) is 4.90 Å². The summed E-state index contributed by atoms with van der Waals surface area (Å²) in [6.07, 6.45) is -3.11. The van der Waals surface area contributed by atoms with Gasteiger partial charge in [0.2, 0.25) is 0 Å². The van der Waals surface area contributed by atoms with Gasteiger partial charge in [-0.15, -0.1) is 0 Å². The van der Waals surface area contributed by atoms with Crippen molar-refractivity contribution in [3.8, 4) is 23.7 Å². The summed E-state index contributed by atoms with van der Waals surface area (Å²) in [5.41, 5.74) is 0.739. The number of hydrogen-bond acceptors (Lipinski definition) is 4. The van der Waals surface area contributed by atoms with Crippen molar-refractivity contribution in [1.82, 2.24) is 4.90 Å². The summed E-state index contributed by atoms with van der Waals surface area (Å²) in [5, 5.41) is 18.6. The van der Waals surface area contributed by atoms with E-state index in [1.54, 1.807) is 18.2 Å². The van der Waals surface area contributed by atoms with Crippen LogP contribution in [0.3, 0.4) is 0 Å². The number of aryl methyl sites for hydroxylation is 1. The molecule has 0 amide bonds. The molecule has 3 rings (SSSR count). The first kappa shape index (κ1) is 21.7. The summed E-state index contributed by atoms with van der Waals surface area (Å²) in [6, 6.07) is 10.1. The first-order chi connectivity index (χ1) is 14.4. The summed E-state index contributed by atoms with van der Waals surface area (Å²) in [6.45, 7) is 4.07. The Morgan fingerprint density at radius 3 is 2.43 bits per heavy atom. The van der Waals surface area contributed by atoms with Gasteiger partial charge in [0.05, 0.1) is 30.4 Å². The topological polar surface area (TPSA) is 56.5 Å². The van der Waals surface area contributed by atoms with E-state index < -0.39 is 17.5 Å². The van der Waals surface area contributed by atoms with Gasteiger partial charge in [-0.2, -0.15) is 18.4 Å². The van der Waals surface area contributed by atoms with Gasteiger partial charge in [0, 0.05) is 24.2 Å². The zero-order valence-electron chi connectivity index (χ0n) is 16.3. The molecule has 1 heterocycles. The lowest BCUT2D eigenvalue weighted by molar-refractivity contribution is -0.137. The molecule has 2 aromatic carbocycles. The minimum atomic E-state index is -4.62. The number of nitrogens with zero attached hydrogens (tertiary/aromatic N) is 2. The number of morpholine rings is 1. The smallest absolute Gasteiger partial charge is 0.417 e. The van der Waals surface area contributed by atoms with Gasteiger partial charge in [0.1, 0.15) is 5.75 Å². The molecule has 0 saturated carbocycles. The van der Waals surface area contributed by atoms with Gasteiger partial charge in [-0.25, -0.2) is 0 Å². The molecule has 0 spiro atoms. The maximum atomic E-state index is 13.2. The van der Waals surface area contributed by atoms with E-state index >= 15 is 0 Å². The second kappa shape index (κ2) is 9.67. The van der Waals surface area contributed by atoms with Crippen molar-refractivity contribution in [2.75, 3.05) is 32.8 Å². The number of rotatable bonds is 4. The normalized spacial score (nSPS) is 14.6. The zero-order valence-corrected chi connectivity index (χ0v) is 16.3. The number of benzene rings is 2. The minimum Gasteiger partial charge on any atom is -0.508 e. The van der Waals surface area contributed by atoms with Crippen LogP contribution in [-0.4, -0.2) is 42.9 Å². The number of alkyl halides is 3. The Morgan fingerprint density at radius 1 is 1.03 bits per heavy atom. The van der Waals surface area contributed by atoms with E-state index in [1.165, 1.54) is 6.07 Å². The molecule has 0 unspecified atom stereocenters. The average Bonchev–Trinajstić information content (AvgIpc) is 2.73. The summed E-state index contributed by atoms with van der Waals surface area (Å²) >= 11 is 0. The van der Waals surface area contributed by atoms with Crippen LogP contribution in [0.2, 0.25) is 0 Å². The van der Waals surface area contributed by atoms with Crippen LogP contribution in [0, 0.1) is 23.2 Å². The maximum absolute atomic E-state index is 13.2. The molecule has 0 bridgehead atoms. The van der Waals surface area contributed by atoms with E-state index in [9.17, 15) is 23.5 Å². The number of hydrogen-bond donors (Lipinski definition) is 1. The molecular weight excluding hydrogens is 393 g/mol. The van der Waals surface area contributed by atoms with Crippen molar-refractivity contribution in [3.05, 3.63) is 64.2 Å². The number of ether oxygens (including phenoxy) is 1. The second-order valence-electron chi connectivity index (χ2n) is 7.02. The minimum absolute atomic E-state index is 0.205. The van der Waals surface area contributed by atoms with E-state index in [2.05, 4.69) is 22.8 Å². The summed E-state index contributed by atoms with van der Waals surface area (Å²) in [4.78, 5) is 2.30. The summed E-state index contributed by atoms with van der Waals surface area (Å²) in [7, 11) is 0. The predicted molar refractivity (Wildman–Crippen MR) is 106 cm³/mol. The highest BCUT2D eigenvalue weighted by Crippen LogP contribution is 2.33. The fourth-order valence-electron chi connectivity index (χ4n) is 3.32. The average molecular weight is 414 g/mol. The third-order valence-electron chi connectivity index (χ3n) is 4.90. The molecule has 1 aliphatic rings. The van der Waals surface area contributed by atoms with Crippen molar-refractivity contribution in [1.29, 1.82) is 5.26 Å². The fourth-order valence-corrected chi connectivity index (χ4v) is 3.32. The Balaban J connectivity index is 1.82. The molecule has 1 fully saturated rings. The monoisotopic (exact) mass is 414 g/mol. The number of phenolic OH excluding ortho intramolecular Hbond substituents is 1. The molecule has 30 heavy (non-hydrogen) atoms. The van der Waals surface area contributed by atoms with Crippen molar-refractivity contribution < 1.29 is 23.0 Å². The number of halogens is 3. The van der Waals surface area contributed by atoms with Gasteiger partial charge in [-0.05, 0) is 61.3 Å². The quantitative estimate of drug-likeness (QED) is 0.770. The van der Waals surface area contributed by atoms with Crippen LogP contribution >= 0.6 is 0 Å². The van der Waals surface area contributed by atoms with Crippen LogP contribution in [0.1, 0.15) is 34.2 Å². The Kier molecular flexibility index (Phi) is 6.99. The molecule has 0 atom stereocenters. The van der Waals surface area contributed by atoms with Crippen LogP contribution in [-0.2, 0) is 17.3 Å². The molecule has 2 aromatic rings. The molecule has 0 radical (unpaired) electrons. The van der Waals surface area contributed by atoms with Gasteiger partial charge >= 0.3 is 6.18 Å². The van der Waals surface area contributed by atoms with Gasteiger partial charge in [-0.1, -0.05) is 11.8 Å². The molecule has 1 aliphatic heterocycles. The third kappa shape index (κ3) is 5.76. The summed E-state index contributed by atoms with van der Waals surface area (Å²) < 4.78 is 45.1. The standard InChI is InChI=1S/C23H21F3N2O2/c24-23(25,26)22-15-21(29)8-7-19(22)6-5-18-4-3-17(16-27)14-20(18)2-1-9-28-10-12-30-13-11-28/h3-4,7-8,14-15,29H,1-2,9-13H2. The van der Waals surface area contributed by atoms with E-state index in [-0.39, 0.29) is 5.56 Å². The molecule has 0 aromatic heterocycles. The number of phenols is 1. The largest absolute Gasteiger partial charge is 0.508 e. The molecule has 156 valence electrons. The highest BCUT2D eigenvalue weighted by atomic mass is 19.4. The Morgan fingerprint density at radius 2 is 1.73 bits per heavy atom. The van der Waals surface area contributed by atoms with Crippen LogP contribution in [0.15, 0.2) is 36.4 Å². The molecule has 1 N–H and O–H groups in total. The van der Waals surface area contributed by atoms with E-state index in [4.69, 9.17) is 4.74 Å². The van der Waals surface area contributed by atoms with Gasteiger partial charge in [0.25, 0.3) is 0 Å². The first-order valence-corrected chi connectivity index (χ1v) is 9.62. The third-order valence-corrected chi connectivity index (χ3v) is 4.90. The van der Waals surface area contributed by atoms with Crippen LogP contribution in [0.5, 0.6) is 5.75 Å². The number of aromatic hydroxyl groups is 1. The van der Waals surface area contributed by atoms with Gasteiger partial charge < -0.3 is 9.84 Å². The van der Waals surface area contributed by atoms with Gasteiger partial charge in [0.15, 0.2) is 0 Å². The van der Waals surface area contributed by atoms with Crippen LogP contribution in [0.4, 0.5) is 13.2 Å². The van der Waals surface area contributed by atoms with E-state index in [0.717, 1.165) is 50.9 Å². The second-order valence-corrected chi connectivity index (χ2v) is 7.02. The van der Waals surface area contributed by atoms with E-state index in [0.29, 0.717) is 23.6 Å². The van der Waals surface area contributed by atoms with Crippen molar-refractivity contribution >= 4 is 0 Å². The lowest BCUT2D eigenvalue weighted by Crippen LogP contribution is -2.36. The fraction of sp³-hybridized carbons (Fsp3) is 0.348. The lowest BCUT2D eigenvalue weighted by atomic mass is 9.99. The molecular formula is C23H21F3N2O2. The predicted octanol–water partition coefficient (Wildman–Crippen LogP) is 3.95. The van der Waals surface area contributed by atoms with Crippen LogP contribution in [0.25, 0.3) is 0 Å². The lowest BCUT2D eigenvalue weighted by Gasteiger charge is -2.26. The zero-order chi connectivity index (χ0) is 21.6. The molecule has 1 saturated heterocycles. The van der Waals surface area contributed by atoms with Crippen molar-refractivity contribution in [3.63, 3.8) is 0 Å². The molecule has 7 heteroatoms. The Hall–Kier alpha value is -3.00. The summed E-state index contributed by atoms with van der Waals surface area (Å²) in [5.74, 6) is 4.95. The highest BCUT2D eigenvalue weighted by molar-refractivity contribution is 5.53. The molecule has 4 nitrogen and oxygen atoms in total. The number of nitriles is 1. The van der Waals surface area contributed by atoms with Crippen LogP contribution < -0.4 is 0 Å². The highest BCUT2D eigenvalue weighted by Gasteiger charge is 2.33. The molecule has 0 aliphatic carbocycles. The Labute approximate surface area is 173 Å². The maximum Gasteiger partial charge on any atom is 0.417 e. The van der Waals surface area contributed by atoms with Crippen molar-refractivity contribution in [2.45, 2.75) is 19.0 Å². The first-order valence-electron chi connectivity index (χ1n) is 9.62. The van der Waals surface area contributed by atoms with Crippen molar-refractivity contribution in [2.24, 2.45) is 0 Å². The van der Waals surface area contributed by atoms with E-state index in [1.807, 2.05) is 0 Å². The SMILES string of the molecule is N#Cc1ccc(C#Cc2ccc(O)cc2C(F)(F)F)c(CCCN2CCOCC2)c1. The Bertz CT molecular complexity index is 994.